The number of para-hydroxylation sites is 2. The number of hydrogen-bond acceptors (Lipinski definition) is 7. The Morgan fingerprint density at radius 3 is 2.60 bits per heavy atom. The maximum atomic E-state index is 13.2. The van der Waals surface area contributed by atoms with Gasteiger partial charge < -0.3 is 19.9 Å². The Kier molecular flexibility index (Phi) is 6.96. The van der Waals surface area contributed by atoms with Gasteiger partial charge in [0.25, 0.3) is 5.91 Å². The first-order valence-electron chi connectivity index (χ1n) is 11.0. The van der Waals surface area contributed by atoms with Crippen molar-refractivity contribution in [3.8, 4) is 11.5 Å². The molecule has 0 unspecified atom stereocenters. The molecule has 4 rings (SSSR count). The summed E-state index contributed by atoms with van der Waals surface area (Å²) in [7, 11) is 3.17. The number of rotatable bonds is 6. The number of nitrogens with zero attached hydrogens (tertiary/aromatic N) is 1. The van der Waals surface area contributed by atoms with Gasteiger partial charge in [-0.2, -0.15) is 0 Å². The lowest BCUT2D eigenvalue weighted by atomic mass is 9.86. The number of benzene rings is 2. The topological polar surface area (TPSA) is 130 Å². The van der Waals surface area contributed by atoms with Crippen molar-refractivity contribution in [2.45, 2.75) is 19.3 Å². The van der Waals surface area contributed by atoms with E-state index in [1.54, 1.807) is 20.3 Å². The molecule has 9 heteroatoms. The maximum Gasteiger partial charge on any atom is 0.339 e. The normalized spacial score (nSPS) is 13.7. The molecule has 1 heterocycles. The molecule has 2 aromatic carbocycles. The molecule has 35 heavy (non-hydrogen) atoms. The molecule has 3 amide bonds. The van der Waals surface area contributed by atoms with Crippen LogP contribution in [0.3, 0.4) is 0 Å². The van der Waals surface area contributed by atoms with E-state index < -0.39 is 24.5 Å². The number of nitrogens with one attached hydrogen (secondary N) is 1. The molecule has 1 aliphatic rings. The standard InChI is InChI=1S/C26H25N3O6/c1-33-20-12-6-8-16(24(20)34-2)13-15-7-5-10-18-22(25(31)35-14-21(30)29-26(27)32)17-9-3-4-11-19(17)28-23(15)18/h3-4,6,8-9,11-13H,5,7,10,14H2,1-2H3,(H3,27,29,30,32)/b15-13-. The van der Waals surface area contributed by atoms with Crippen molar-refractivity contribution in [3.05, 3.63) is 64.8 Å². The smallest absolute Gasteiger partial charge is 0.339 e. The number of fused-ring (bicyclic) bond motifs is 2. The molecule has 1 aliphatic carbocycles. The van der Waals surface area contributed by atoms with Crippen LogP contribution in [0.1, 0.15) is 40.0 Å². The zero-order valence-corrected chi connectivity index (χ0v) is 19.4. The van der Waals surface area contributed by atoms with Crippen LogP contribution in [0, 0.1) is 0 Å². The van der Waals surface area contributed by atoms with Crippen molar-refractivity contribution < 1.29 is 28.6 Å². The molecular formula is C26H25N3O6. The van der Waals surface area contributed by atoms with Crippen LogP contribution in [0.2, 0.25) is 0 Å². The van der Waals surface area contributed by atoms with Crippen molar-refractivity contribution in [2.75, 3.05) is 20.8 Å². The van der Waals surface area contributed by atoms with E-state index in [9.17, 15) is 14.4 Å². The minimum Gasteiger partial charge on any atom is -0.493 e. The van der Waals surface area contributed by atoms with E-state index >= 15 is 0 Å². The van der Waals surface area contributed by atoms with E-state index in [0.717, 1.165) is 29.5 Å². The molecule has 0 atom stereocenters. The fourth-order valence-electron chi connectivity index (χ4n) is 4.30. The third-order valence-corrected chi connectivity index (χ3v) is 5.73. The van der Waals surface area contributed by atoms with Gasteiger partial charge in [0.1, 0.15) is 0 Å². The third-order valence-electron chi connectivity index (χ3n) is 5.73. The van der Waals surface area contributed by atoms with E-state index in [2.05, 4.69) is 0 Å². The minimum atomic E-state index is -1.01. The van der Waals surface area contributed by atoms with E-state index in [4.69, 9.17) is 24.9 Å². The summed E-state index contributed by atoms with van der Waals surface area (Å²) >= 11 is 0. The molecule has 0 fully saturated rings. The molecule has 3 aromatic rings. The number of carbonyl (C=O) groups excluding carboxylic acids is 3. The predicted molar refractivity (Wildman–Crippen MR) is 130 cm³/mol. The van der Waals surface area contributed by atoms with Gasteiger partial charge >= 0.3 is 12.0 Å². The SMILES string of the molecule is COc1cccc(/C=C2/CCCc3c2nc2ccccc2c3C(=O)OCC(=O)NC(N)=O)c1OC. The average Bonchev–Trinajstić information content (AvgIpc) is 2.85. The van der Waals surface area contributed by atoms with Gasteiger partial charge in [-0.3, -0.25) is 10.1 Å². The summed E-state index contributed by atoms with van der Waals surface area (Å²) in [6.07, 6.45) is 4.18. The number of primary amides is 1. The monoisotopic (exact) mass is 475 g/mol. The Morgan fingerprint density at radius 2 is 1.86 bits per heavy atom. The third kappa shape index (κ3) is 4.93. The van der Waals surface area contributed by atoms with Gasteiger partial charge in [-0.25, -0.2) is 14.6 Å². The molecule has 0 aliphatic heterocycles. The van der Waals surface area contributed by atoms with Gasteiger partial charge in [0.05, 0.1) is 31.0 Å². The molecular weight excluding hydrogens is 450 g/mol. The zero-order chi connectivity index (χ0) is 24.9. The number of hydrogen-bond donors (Lipinski definition) is 2. The lowest BCUT2D eigenvalue weighted by Gasteiger charge is -2.22. The van der Waals surface area contributed by atoms with Crippen molar-refractivity contribution in [1.29, 1.82) is 0 Å². The molecule has 0 bridgehead atoms. The van der Waals surface area contributed by atoms with Crippen molar-refractivity contribution >= 4 is 40.5 Å². The Bertz CT molecular complexity index is 1350. The van der Waals surface area contributed by atoms with Crippen LogP contribution in [0.5, 0.6) is 11.5 Å². The molecule has 0 saturated heterocycles. The number of nitrogens with two attached hydrogens (primary N) is 1. The molecule has 0 spiro atoms. The molecule has 9 nitrogen and oxygen atoms in total. The quantitative estimate of drug-likeness (QED) is 0.522. The van der Waals surface area contributed by atoms with E-state index in [-0.39, 0.29) is 0 Å². The van der Waals surface area contributed by atoms with Gasteiger partial charge in [0.15, 0.2) is 18.1 Å². The van der Waals surface area contributed by atoms with Crippen molar-refractivity contribution in [3.63, 3.8) is 0 Å². The fraction of sp³-hybridized carbons (Fsp3) is 0.231. The average molecular weight is 476 g/mol. The number of urea groups is 1. The highest BCUT2D eigenvalue weighted by molar-refractivity contribution is 6.07. The van der Waals surface area contributed by atoms with Gasteiger partial charge in [-0.1, -0.05) is 30.3 Å². The Hall–Kier alpha value is -4.40. The summed E-state index contributed by atoms with van der Waals surface area (Å²) < 4.78 is 16.2. The number of aromatic nitrogens is 1. The second-order valence-electron chi connectivity index (χ2n) is 7.93. The first kappa shape index (κ1) is 23.7. The second kappa shape index (κ2) is 10.3. The van der Waals surface area contributed by atoms with E-state index in [1.807, 2.05) is 47.8 Å². The summed E-state index contributed by atoms with van der Waals surface area (Å²) in [5, 5.41) is 2.51. The zero-order valence-electron chi connectivity index (χ0n) is 19.4. The van der Waals surface area contributed by atoms with Crippen LogP contribution in [0.4, 0.5) is 4.79 Å². The molecule has 1 aromatic heterocycles. The summed E-state index contributed by atoms with van der Waals surface area (Å²) in [5.74, 6) is -0.248. The predicted octanol–water partition coefficient (Wildman–Crippen LogP) is 3.48. The van der Waals surface area contributed by atoms with E-state index in [0.29, 0.717) is 40.1 Å². The Morgan fingerprint density at radius 1 is 1.06 bits per heavy atom. The molecule has 0 radical (unpaired) electrons. The van der Waals surface area contributed by atoms with Gasteiger partial charge in [0.2, 0.25) is 0 Å². The number of pyridine rings is 1. The van der Waals surface area contributed by atoms with Crippen LogP contribution in [0.25, 0.3) is 22.6 Å². The summed E-state index contributed by atoms with van der Waals surface area (Å²) in [4.78, 5) is 40.7. The Labute approximate surface area is 201 Å². The number of amides is 3. The second-order valence-corrected chi connectivity index (χ2v) is 7.93. The summed E-state index contributed by atoms with van der Waals surface area (Å²) in [6.45, 7) is -0.628. The molecule has 0 saturated carbocycles. The largest absolute Gasteiger partial charge is 0.493 e. The van der Waals surface area contributed by atoms with Crippen LogP contribution in [-0.2, 0) is 16.0 Å². The number of carbonyl (C=O) groups is 3. The summed E-state index contributed by atoms with van der Waals surface area (Å²) in [5.41, 5.74) is 9.18. The van der Waals surface area contributed by atoms with Crippen molar-refractivity contribution in [2.24, 2.45) is 5.73 Å². The van der Waals surface area contributed by atoms with Gasteiger partial charge in [0, 0.05) is 10.9 Å². The number of allylic oxidation sites excluding steroid dienone is 1. The van der Waals surface area contributed by atoms with Crippen LogP contribution >= 0.6 is 0 Å². The number of esters is 1. The highest BCUT2D eigenvalue weighted by atomic mass is 16.5. The number of methoxy groups -OCH3 is 2. The highest BCUT2D eigenvalue weighted by Crippen LogP contribution is 2.39. The molecule has 180 valence electrons. The van der Waals surface area contributed by atoms with E-state index in [1.165, 1.54) is 0 Å². The first-order valence-corrected chi connectivity index (χ1v) is 11.0. The number of ether oxygens (including phenoxy) is 3. The lowest BCUT2D eigenvalue weighted by Crippen LogP contribution is -2.37. The van der Waals surface area contributed by atoms with Crippen molar-refractivity contribution in [1.82, 2.24) is 10.3 Å². The fourth-order valence-corrected chi connectivity index (χ4v) is 4.30. The Balaban J connectivity index is 1.80. The van der Waals surface area contributed by atoms with Crippen LogP contribution in [-0.4, -0.2) is 43.7 Å². The van der Waals surface area contributed by atoms with Crippen LogP contribution < -0.4 is 20.5 Å². The number of imide groups is 1. The first-order chi connectivity index (χ1) is 16.9. The summed E-state index contributed by atoms with van der Waals surface area (Å²) in [6, 6.07) is 11.9. The molecule has 3 N–H and O–H groups in total. The highest BCUT2D eigenvalue weighted by Gasteiger charge is 2.27. The van der Waals surface area contributed by atoms with Crippen LogP contribution in [0.15, 0.2) is 42.5 Å². The maximum absolute atomic E-state index is 13.2. The van der Waals surface area contributed by atoms with Gasteiger partial charge in [-0.15, -0.1) is 0 Å². The minimum absolute atomic E-state index is 0.362. The lowest BCUT2D eigenvalue weighted by molar-refractivity contribution is -0.123. The van der Waals surface area contributed by atoms with Gasteiger partial charge in [-0.05, 0) is 48.6 Å².